The molecule has 0 aliphatic rings. The van der Waals surface area contributed by atoms with E-state index in [1.807, 2.05) is 0 Å². The number of nitrogens with one attached hydrogen (secondary N) is 1. The summed E-state index contributed by atoms with van der Waals surface area (Å²) in [4.78, 5) is 22.6. The molecule has 3 rings (SSSR count). The lowest BCUT2D eigenvalue weighted by atomic mass is 10.3. The van der Waals surface area contributed by atoms with Gasteiger partial charge >= 0.3 is 0 Å². The predicted octanol–water partition coefficient (Wildman–Crippen LogP) is 3.94. The third kappa shape index (κ3) is 4.59. The molecule has 0 fully saturated rings. The second-order valence-corrected chi connectivity index (χ2v) is 6.41. The zero-order valence-electron chi connectivity index (χ0n) is 14.3. The van der Waals surface area contributed by atoms with E-state index in [-0.39, 0.29) is 10.7 Å². The summed E-state index contributed by atoms with van der Waals surface area (Å²) in [5.41, 5.74) is 0.102. The van der Waals surface area contributed by atoms with Gasteiger partial charge in [0.2, 0.25) is 0 Å². The number of nitro groups is 1. The summed E-state index contributed by atoms with van der Waals surface area (Å²) in [5, 5.41) is 18.3. The summed E-state index contributed by atoms with van der Waals surface area (Å²) in [5.74, 6) is 0.632. The fourth-order valence-corrected chi connectivity index (χ4v) is 2.74. The van der Waals surface area contributed by atoms with Crippen molar-refractivity contribution in [2.45, 2.75) is 0 Å². The Morgan fingerprint density at radius 2 is 1.93 bits per heavy atom. The molecule has 1 aromatic heterocycles. The Morgan fingerprint density at radius 3 is 2.61 bits per heavy atom. The van der Waals surface area contributed by atoms with Crippen LogP contribution in [0.2, 0.25) is 10.0 Å². The van der Waals surface area contributed by atoms with Crippen molar-refractivity contribution in [2.24, 2.45) is 0 Å². The molecule has 0 spiro atoms. The highest BCUT2D eigenvalue weighted by Gasteiger charge is 2.12. The average molecular weight is 421 g/mol. The van der Waals surface area contributed by atoms with Crippen molar-refractivity contribution in [3.63, 3.8) is 0 Å². The van der Waals surface area contributed by atoms with E-state index in [4.69, 9.17) is 27.9 Å². The average Bonchev–Trinajstić information content (AvgIpc) is 2.68. The molecule has 0 saturated carbocycles. The van der Waals surface area contributed by atoms with Gasteiger partial charge in [0.1, 0.15) is 17.4 Å². The molecular weight excluding hydrogens is 407 g/mol. The molecule has 1 N–H and O–H groups in total. The van der Waals surface area contributed by atoms with Gasteiger partial charge in [-0.2, -0.15) is 9.78 Å². The van der Waals surface area contributed by atoms with E-state index in [0.717, 1.165) is 4.68 Å². The highest BCUT2D eigenvalue weighted by Crippen LogP contribution is 2.19. The number of halogens is 2. The smallest absolute Gasteiger partial charge is 0.292 e. The summed E-state index contributed by atoms with van der Waals surface area (Å²) in [6.45, 7) is 0.705. The number of non-ortho nitro benzene ring substituents is 1. The van der Waals surface area contributed by atoms with Gasteiger partial charge in [-0.25, -0.2) is 0 Å². The van der Waals surface area contributed by atoms with Crippen molar-refractivity contribution in [1.29, 1.82) is 0 Å². The van der Waals surface area contributed by atoms with Gasteiger partial charge in [-0.15, -0.1) is 0 Å². The number of ether oxygens (including phenoxy) is 1. The molecule has 0 amide bonds. The zero-order valence-corrected chi connectivity index (χ0v) is 15.9. The summed E-state index contributed by atoms with van der Waals surface area (Å²) in [7, 11) is 0. The van der Waals surface area contributed by atoms with Gasteiger partial charge in [0, 0.05) is 23.7 Å². The third-order valence-electron chi connectivity index (χ3n) is 3.71. The molecule has 0 radical (unpaired) electrons. The highest BCUT2D eigenvalue weighted by atomic mass is 35.5. The number of anilines is 1. The number of hydrogen-bond acceptors (Lipinski definition) is 6. The van der Waals surface area contributed by atoms with E-state index in [2.05, 4.69) is 10.4 Å². The maximum Gasteiger partial charge on any atom is 0.292 e. The minimum absolute atomic E-state index is 0.0453. The maximum absolute atomic E-state index is 12.4. The van der Waals surface area contributed by atoms with Crippen molar-refractivity contribution in [3.8, 4) is 11.4 Å². The Labute approximate surface area is 169 Å². The van der Waals surface area contributed by atoms with Crippen molar-refractivity contribution in [3.05, 3.63) is 85.2 Å². The van der Waals surface area contributed by atoms with Crippen molar-refractivity contribution in [2.75, 3.05) is 18.5 Å². The molecule has 0 unspecified atom stereocenters. The van der Waals surface area contributed by atoms with Crippen LogP contribution in [0.5, 0.6) is 5.75 Å². The standard InChI is InChI=1S/C18H14Cl2N4O4/c19-12-2-1-3-15(10-12)28-9-8-21-16-11-22-23(18(25)17(16)20)13-4-6-14(7-5-13)24(26)27/h1-7,10-11,21H,8-9H2. The SMILES string of the molecule is O=c1c(Cl)c(NCCOc2cccc(Cl)c2)cnn1-c1ccc([N+](=O)[O-])cc1. The van der Waals surface area contributed by atoms with Crippen LogP contribution in [0.1, 0.15) is 0 Å². The molecule has 0 atom stereocenters. The van der Waals surface area contributed by atoms with Crippen LogP contribution in [0.15, 0.2) is 59.5 Å². The Bertz CT molecular complexity index is 1050. The molecule has 8 nitrogen and oxygen atoms in total. The highest BCUT2D eigenvalue weighted by molar-refractivity contribution is 6.33. The van der Waals surface area contributed by atoms with Gasteiger partial charge in [0.05, 0.1) is 22.5 Å². The van der Waals surface area contributed by atoms with Gasteiger partial charge in [-0.05, 0) is 30.3 Å². The van der Waals surface area contributed by atoms with Crippen molar-refractivity contribution >= 4 is 34.6 Å². The Hall–Kier alpha value is -3.10. The molecule has 28 heavy (non-hydrogen) atoms. The van der Waals surface area contributed by atoms with Gasteiger partial charge in [-0.3, -0.25) is 14.9 Å². The van der Waals surface area contributed by atoms with E-state index in [9.17, 15) is 14.9 Å². The normalized spacial score (nSPS) is 10.5. The molecule has 0 bridgehead atoms. The first kappa shape index (κ1) is 19.7. The predicted molar refractivity (Wildman–Crippen MR) is 107 cm³/mol. The molecule has 0 saturated heterocycles. The Kier molecular flexibility index (Phi) is 6.13. The minimum Gasteiger partial charge on any atom is -0.492 e. The van der Waals surface area contributed by atoms with E-state index in [0.29, 0.717) is 35.3 Å². The number of benzene rings is 2. The molecule has 0 aliphatic carbocycles. The van der Waals surface area contributed by atoms with Crippen LogP contribution in [0.3, 0.4) is 0 Å². The summed E-state index contributed by atoms with van der Waals surface area (Å²) < 4.78 is 6.62. The fraction of sp³-hybridized carbons (Fsp3) is 0.111. The second-order valence-electron chi connectivity index (χ2n) is 5.60. The summed E-state index contributed by atoms with van der Waals surface area (Å²) in [6, 6.07) is 12.4. The molecule has 144 valence electrons. The number of aromatic nitrogens is 2. The van der Waals surface area contributed by atoms with Gasteiger partial charge in [0.25, 0.3) is 11.2 Å². The zero-order chi connectivity index (χ0) is 20.1. The Balaban J connectivity index is 1.66. The summed E-state index contributed by atoms with van der Waals surface area (Å²) in [6.07, 6.45) is 1.41. The minimum atomic E-state index is -0.545. The number of nitro benzene ring substituents is 1. The lowest BCUT2D eigenvalue weighted by Crippen LogP contribution is -2.23. The van der Waals surface area contributed by atoms with E-state index in [1.165, 1.54) is 30.5 Å². The number of nitrogens with zero attached hydrogens (tertiary/aromatic N) is 3. The fourth-order valence-electron chi connectivity index (χ4n) is 2.37. The molecule has 1 heterocycles. The topological polar surface area (TPSA) is 99.3 Å². The van der Waals surface area contributed by atoms with Crippen LogP contribution in [0.25, 0.3) is 5.69 Å². The molecule has 2 aromatic carbocycles. The lowest BCUT2D eigenvalue weighted by Gasteiger charge is -2.11. The molecular formula is C18H14Cl2N4O4. The largest absolute Gasteiger partial charge is 0.492 e. The van der Waals surface area contributed by atoms with Crippen LogP contribution in [-0.2, 0) is 0 Å². The maximum atomic E-state index is 12.4. The first-order chi connectivity index (χ1) is 13.5. The first-order valence-corrected chi connectivity index (χ1v) is 8.86. The quantitative estimate of drug-likeness (QED) is 0.353. The molecule has 3 aromatic rings. The van der Waals surface area contributed by atoms with E-state index < -0.39 is 10.5 Å². The van der Waals surface area contributed by atoms with Crippen LogP contribution in [0.4, 0.5) is 11.4 Å². The van der Waals surface area contributed by atoms with Crippen LogP contribution in [0, 0.1) is 10.1 Å². The van der Waals surface area contributed by atoms with Gasteiger partial charge in [-0.1, -0.05) is 29.3 Å². The number of hydrogen-bond donors (Lipinski definition) is 1. The van der Waals surface area contributed by atoms with E-state index in [1.54, 1.807) is 24.3 Å². The third-order valence-corrected chi connectivity index (χ3v) is 4.31. The second kappa shape index (κ2) is 8.73. The number of rotatable bonds is 7. The summed E-state index contributed by atoms with van der Waals surface area (Å²) >= 11 is 12.0. The van der Waals surface area contributed by atoms with Gasteiger partial charge in [0.15, 0.2) is 0 Å². The van der Waals surface area contributed by atoms with Crippen LogP contribution >= 0.6 is 23.2 Å². The monoisotopic (exact) mass is 420 g/mol. The Morgan fingerprint density at radius 1 is 1.18 bits per heavy atom. The van der Waals surface area contributed by atoms with Crippen molar-refractivity contribution in [1.82, 2.24) is 9.78 Å². The van der Waals surface area contributed by atoms with Crippen LogP contribution in [-0.4, -0.2) is 27.9 Å². The molecule has 0 aliphatic heterocycles. The lowest BCUT2D eigenvalue weighted by molar-refractivity contribution is -0.384. The van der Waals surface area contributed by atoms with Gasteiger partial charge < -0.3 is 10.1 Å². The molecule has 10 heteroatoms. The van der Waals surface area contributed by atoms with E-state index >= 15 is 0 Å². The van der Waals surface area contributed by atoms with Crippen molar-refractivity contribution < 1.29 is 9.66 Å². The van der Waals surface area contributed by atoms with Crippen LogP contribution < -0.4 is 15.6 Å². The first-order valence-electron chi connectivity index (χ1n) is 8.10.